The summed E-state index contributed by atoms with van der Waals surface area (Å²) in [7, 11) is 1.40. The average Bonchev–Trinajstić information content (AvgIpc) is 2.76. The second-order valence-corrected chi connectivity index (χ2v) is 12.8. The zero-order valence-electron chi connectivity index (χ0n) is 22.9. The minimum absolute atomic E-state index is 0.0503. The van der Waals surface area contributed by atoms with Crippen LogP contribution >= 0.6 is 11.6 Å². The topological polar surface area (TPSA) is 78.9 Å². The number of halogens is 1. The summed E-state index contributed by atoms with van der Waals surface area (Å²) in [6.07, 6.45) is 6.51. The van der Waals surface area contributed by atoms with Crippen molar-refractivity contribution < 1.29 is 19.4 Å². The Morgan fingerprint density at radius 2 is 1.89 bits per heavy atom. The maximum atomic E-state index is 13.4. The number of aliphatic hydroxyl groups excluding tert-OH is 1. The maximum Gasteiger partial charge on any atom is 0.322 e. The first kappa shape index (κ1) is 28.5. The van der Waals surface area contributed by atoms with Crippen molar-refractivity contribution in [2.75, 3.05) is 13.7 Å². The van der Waals surface area contributed by atoms with E-state index < -0.39 is 5.54 Å². The summed E-state index contributed by atoms with van der Waals surface area (Å²) in [6, 6.07) is 5.92. The van der Waals surface area contributed by atoms with Gasteiger partial charge in [-0.15, -0.1) is 0 Å². The first-order valence-corrected chi connectivity index (χ1v) is 13.4. The molecule has 1 aliphatic heterocycles. The smallest absolute Gasteiger partial charge is 0.322 e. The molecule has 0 spiro atoms. The van der Waals surface area contributed by atoms with E-state index in [1.807, 2.05) is 19.2 Å². The maximum absolute atomic E-state index is 13.4. The molecule has 6 nitrogen and oxygen atoms in total. The van der Waals surface area contributed by atoms with E-state index in [0.29, 0.717) is 24.3 Å². The van der Waals surface area contributed by atoms with Crippen molar-refractivity contribution in [3.05, 3.63) is 46.1 Å². The van der Waals surface area contributed by atoms with Crippen LogP contribution < -0.4 is 5.32 Å². The van der Waals surface area contributed by atoms with E-state index in [1.165, 1.54) is 7.11 Å². The second kappa shape index (κ2) is 10.7. The highest BCUT2D eigenvalue weighted by Crippen LogP contribution is 2.47. The van der Waals surface area contributed by atoms with Crippen molar-refractivity contribution in [1.82, 2.24) is 10.2 Å². The molecule has 1 aliphatic carbocycles. The highest BCUT2D eigenvalue weighted by molar-refractivity contribution is 6.31. The summed E-state index contributed by atoms with van der Waals surface area (Å²) in [5.41, 5.74) is 2.26. The molecule has 0 saturated heterocycles. The third-order valence-electron chi connectivity index (χ3n) is 7.90. The molecular weight excluding hydrogens is 476 g/mol. The summed E-state index contributed by atoms with van der Waals surface area (Å²) in [6.45, 7) is 13.1. The number of hydrogen-bond acceptors (Lipinski definition) is 4. The molecule has 36 heavy (non-hydrogen) atoms. The summed E-state index contributed by atoms with van der Waals surface area (Å²) < 4.78 is 4.87. The fraction of sp³-hybridized carbons (Fsp3) is 0.655. The first-order valence-electron chi connectivity index (χ1n) is 13.0. The van der Waals surface area contributed by atoms with E-state index in [4.69, 9.17) is 16.3 Å². The van der Waals surface area contributed by atoms with Crippen LogP contribution in [0, 0.1) is 16.7 Å². The standard InChI is InChI=1S/C29H43ClN2O4/c1-27(2,3)13-11-19-9-10-21(17-23(19)30)29(6)24(28(4,5)12-8-14-33)18-32(26(35)31-29)22-15-20(16-22)25(34)36-7/h9-10,17-18,20,22,33H,8,11-16H2,1-7H3,(H,31,35)/t20?,22?,29-/m1/s1. The van der Waals surface area contributed by atoms with Gasteiger partial charge in [0.2, 0.25) is 0 Å². The van der Waals surface area contributed by atoms with Gasteiger partial charge in [-0.05, 0) is 79.0 Å². The number of aryl methyl sites for hydroxylation is 1. The summed E-state index contributed by atoms with van der Waals surface area (Å²) in [4.78, 5) is 27.0. The average molecular weight is 519 g/mol. The number of esters is 1. The molecule has 1 fully saturated rings. The number of nitrogens with zero attached hydrogens (tertiary/aromatic N) is 1. The molecule has 1 heterocycles. The molecule has 2 aliphatic rings. The lowest BCUT2D eigenvalue weighted by Crippen LogP contribution is -2.60. The number of rotatable bonds is 9. The lowest BCUT2D eigenvalue weighted by molar-refractivity contribution is -0.150. The molecular formula is C29H43ClN2O4. The molecule has 1 aromatic carbocycles. The molecule has 1 aromatic rings. The zero-order valence-corrected chi connectivity index (χ0v) is 23.7. The normalized spacial score (nSPS) is 24.6. The van der Waals surface area contributed by atoms with E-state index in [1.54, 1.807) is 4.90 Å². The van der Waals surface area contributed by atoms with Gasteiger partial charge in [0, 0.05) is 23.9 Å². The van der Waals surface area contributed by atoms with Crippen LogP contribution in [-0.2, 0) is 21.5 Å². The van der Waals surface area contributed by atoms with Crippen molar-refractivity contribution >= 4 is 23.6 Å². The van der Waals surface area contributed by atoms with Gasteiger partial charge < -0.3 is 15.2 Å². The van der Waals surface area contributed by atoms with Crippen molar-refractivity contribution in [1.29, 1.82) is 0 Å². The molecule has 7 heteroatoms. The molecule has 0 radical (unpaired) electrons. The monoisotopic (exact) mass is 518 g/mol. The zero-order chi connectivity index (χ0) is 26.9. The van der Waals surface area contributed by atoms with Crippen LogP contribution in [0.25, 0.3) is 0 Å². The van der Waals surface area contributed by atoms with Gasteiger partial charge in [-0.2, -0.15) is 0 Å². The number of ether oxygens (including phenoxy) is 1. The van der Waals surface area contributed by atoms with Gasteiger partial charge in [-0.3, -0.25) is 9.69 Å². The number of carbonyl (C=O) groups is 2. The largest absolute Gasteiger partial charge is 0.469 e. The highest BCUT2D eigenvalue weighted by Gasteiger charge is 2.48. The Balaban J connectivity index is 1.97. The van der Waals surface area contributed by atoms with Crippen LogP contribution in [0.3, 0.4) is 0 Å². The van der Waals surface area contributed by atoms with Gasteiger partial charge in [0.05, 0.1) is 18.6 Å². The fourth-order valence-electron chi connectivity index (χ4n) is 5.42. The SMILES string of the molecule is COC(=O)C1CC(N2C=C(C(C)(C)CCCO)[C@@](C)(c3ccc(CCC(C)(C)C)c(Cl)c3)NC2=O)C1. The van der Waals surface area contributed by atoms with Crippen LogP contribution in [0.4, 0.5) is 4.79 Å². The third kappa shape index (κ3) is 6.08. The number of amides is 2. The molecule has 2 amide bonds. The molecule has 2 N–H and O–H groups in total. The number of carbonyl (C=O) groups excluding carboxylic acids is 2. The van der Waals surface area contributed by atoms with Crippen LogP contribution in [0.2, 0.25) is 5.02 Å². The first-order chi connectivity index (χ1) is 16.7. The van der Waals surface area contributed by atoms with E-state index in [-0.39, 0.29) is 41.4 Å². The van der Waals surface area contributed by atoms with Crippen molar-refractivity contribution in [2.24, 2.45) is 16.7 Å². The Bertz CT molecular complexity index is 1010. The Morgan fingerprint density at radius 1 is 1.22 bits per heavy atom. The van der Waals surface area contributed by atoms with Crippen molar-refractivity contribution in [3.63, 3.8) is 0 Å². The summed E-state index contributed by atoms with van der Waals surface area (Å²) in [5, 5.41) is 13.5. The van der Waals surface area contributed by atoms with Gasteiger partial charge in [0.1, 0.15) is 0 Å². The quantitative estimate of drug-likeness (QED) is 0.382. The number of nitrogens with one attached hydrogen (secondary N) is 1. The number of methoxy groups -OCH3 is 1. The fourth-order valence-corrected chi connectivity index (χ4v) is 5.70. The summed E-state index contributed by atoms with van der Waals surface area (Å²) in [5.74, 6) is -0.387. The highest BCUT2D eigenvalue weighted by atomic mass is 35.5. The summed E-state index contributed by atoms with van der Waals surface area (Å²) >= 11 is 6.77. The van der Waals surface area contributed by atoms with Gasteiger partial charge in [-0.1, -0.05) is 58.4 Å². The van der Waals surface area contributed by atoms with Crippen molar-refractivity contribution in [2.45, 2.75) is 91.6 Å². The predicted molar refractivity (Wildman–Crippen MR) is 144 cm³/mol. The third-order valence-corrected chi connectivity index (χ3v) is 8.26. The molecule has 200 valence electrons. The van der Waals surface area contributed by atoms with E-state index >= 15 is 0 Å². The van der Waals surface area contributed by atoms with Crippen LogP contribution in [0.5, 0.6) is 0 Å². The van der Waals surface area contributed by atoms with Gasteiger partial charge in [0.25, 0.3) is 0 Å². The molecule has 1 atom stereocenters. The molecule has 0 unspecified atom stereocenters. The second-order valence-electron chi connectivity index (χ2n) is 12.4. The number of aliphatic hydroxyl groups is 1. The minimum atomic E-state index is -0.760. The molecule has 3 rings (SSSR count). The Labute approximate surface area is 221 Å². The molecule has 0 aromatic heterocycles. The number of hydrogen-bond donors (Lipinski definition) is 2. The Hall–Kier alpha value is -2.05. The molecule has 1 saturated carbocycles. The Kier molecular flexibility index (Phi) is 8.51. The van der Waals surface area contributed by atoms with E-state index in [0.717, 1.165) is 36.0 Å². The van der Waals surface area contributed by atoms with Gasteiger partial charge >= 0.3 is 12.0 Å². The molecule has 0 bridgehead atoms. The van der Waals surface area contributed by atoms with E-state index in [2.05, 4.69) is 52.1 Å². The van der Waals surface area contributed by atoms with E-state index in [9.17, 15) is 14.7 Å². The van der Waals surface area contributed by atoms with Crippen molar-refractivity contribution in [3.8, 4) is 0 Å². The lowest BCUT2D eigenvalue weighted by atomic mass is 9.68. The minimum Gasteiger partial charge on any atom is -0.469 e. The van der Waals surface area contributed by atoms with Gasteiger partial charge in [-0.25, -0.2) is 4.79 Å². The van der Waals surface area contributed by atoms with Crippen LogP contribution in [0.15, 0.2) is 30.0 Å². The lowest BCUT2D eigenvalue weighted by Gasteiger charge is -2.50. The number of benzene rings is 1. The Morgan fingerprint density at radius 3 is 2.44 bits per heavy atom. The number of urea groups is 1. The predicted octanol–water partition coefficient (Wildman–Crippen LogP) is 6.19. The van der Waals surface area contributed by atoms with Crippen LogP contribution in [-0.4, -0.2) is 41.8 Å². The van der Waals surface area contributed by atoms with Crippen LogP contribution in [0.1, 0.15) is 84.8 Å². The van der Waals surface area contributed by atoms with Gasteiger partial charge in [0.15, 0.2) is 0 Å².